The Balaban J connectivity index is 1.56. The minimum Gasteiger partial charge on any atom is -0.480 e. The first-order chi connectivity index (χ1) is 12.6. The molecule has 130 valence electrons. The SMILES string of the molecule is CC(=O)c1sc(NC(=O)C2Cc3ccccc3O2)nc1-c1ccccc1. The van der Waals surface area contributed by atoms with Gasteiger partial charge in [0, 0.05) is 18.9 Å². The first-order valence-corrected chi connectivity index (χ1v) is 9.06. The van der Waals surface area contributed by atoms with Gasteiger partial charge in [0.25, 0.3) is 5.91 Å². The number of benzene rings is 2. The van der Waals surface area contributed by atoms with Gasteiger partial charge < -0.3 is 4.74 Å². The number of Topliss-reactive ketones (excluding diaryl/α,β-unsaturated/α-hetero) is 1. The number of nitrogens with zero attached hydrogens (tertiary/aromatic N) is 1. The van der Waals surface area contributed by atoms with Crippen LogP contribution in [0.3, 0.4) is 0 Å². The molecule has 0 radical (unpaired) electrons. The number of nitrogens with one attached hydrogen (secondary N) is 1. The summed E-state index contributed by atoms with van der Waals surface area (Å²) in [5, 5.41) is 3.20. The molecule has 1 aromatic heterocycles. The van der Waals surface area contributed by atoms with Crippen LogP contribution in [0.4, 0.5) is 5.13 Å². The van der Waals surface area contributed by atoms with Gasteiger partial charge in [-0.05, 0) is 11.6 Å². The Bertz CT molecular complexity index is 957. The molecule has 0 bridgehead atoms. The molecule has 1 aliphatic rings. The van der Waals surface area contributed by atoms with Crippen LogP contribution in [-0.4, -0.2) is 22.8 Å². The Morgan fingerprint density at radius 2 is 1.85 bits per heavy atom. The summed E-state index contributed by atoms with van der Waals surface area (Å²) in [5.41, 5.74) is 2.45. The van der Waals surface area contributed by atoms with Crippen molar-refractivity contribution in [2.24, 2.45) is 0 Å². The molecule has 1 unspecified atom stereocenters. The smallest absolute Gasteiger partial charge is 0.267 e. The summed E-state index contributed by atoms with van der Waals surface area (Å²) >= 11 is 1.19. The Morgan fingerprint density at radius 3 is 2.58 bits per heavy atom. The number of ketones is 1. The molecule has 0 spiro atoms. The van der Waals surface area contributed by atoms with Crippen molar-refractivity contribution in [1.82, 2.24) is 4.98 Å². The average Bonchev–Trinajstić information content (AvgIpc) is 3.26. The molecule has 0 fully saturated rings. The minimum atomic E-state index is -0.586. The number of carbonyl (C=O) groups is 2. The number of para-hydroxylation sites is 1. The number of anilines is 1. The molecular weight excluding hydrogens is 348 g/mol. The van der Waals surface area contributed by atoms with Crippen molar-refractivity contribution < 1.29 is 14.3 Å². The van der Waals surface area contributed by atoms with Crippen LogP contribution >= 0.6 is 11.3 Å². The van der Waals surface area contributed by atoms with E-state index in [0.29, 0.717) is 22.1 Å². The predicted molar refractivity (Wildman–Crippen MR) is 101 cm³/mol. The van der Waals surface area contributed by atoms with Crippen LogP contribution in [0.2, 0.25) is 0 Å². The summed E-state index contributed by atoms with van der Waals surface area (Å²) in [7, 11) is 0. The third-order valence-corrected chi connectivity index (χ3v) is 5.24. The molecule has 26 heavy (non-hydrogen) atoms. The molecule has 2 aromatic carbocycles. The lowest BCUT2D eigenvalue weighted by molar-refractivity contribution is -0.122. The van der Waals surface area contributed by atoms with Crippen molar-refractivity contribution >= 4 is 28.2 Å². The predicted octanol–water partition coefficient (Wildman–Crippen LogP) is 3.95. The summed E-state index contributed by atoms with van der Waals surface area (Å²) in [6.07, 6.45) is -0.0596. The van der Waals surface area contributed by atoms with Gasteiger partial charge in [0.1, 0.15) is 5.75 Å². The summed E-state index contributed by atoms with van der Waals surface area (Å²) in [4.78, 5) is 29.5. The molecule has 2 heterocycles. The third-order valence-electron chi connectivity index (χ3n) is 4.16. The highest BCUT2D eigenvalue weighted by molar-refractivity contribution is 7.18. The fraction of sp³-hybridized carbons (Fsp3) is 0.150. The van der Waals surface area contributed by atoms with Crippen LogP contribution in [-0.2, 0) is 11.2 Å². The van der Waals surface area contributed by atoms with E-state index < -0.39 is 6.10 Å². The van der Waals surface area contributed by atoms with Crippen LogP contribution < -0.4 is 10.1 Å². The van der Waals surface area contributed by atoms with Gasteiger partial charge in [-0.2, -0.15) is 0 Å². The maximum absolute atomic E-state index is 12.6. The number of thiazole rings is 1. The zero-order chi connectivity index (χ0) is 18.1. The number of aromatic nitrogens is 1. The fourth-order valence-corrected chi connectivity index (χ4v) is 3.80. The van der Waals surface area contributed by atoms with E-state index >= 15 is 0 Å². The maximum atomic E-state index is 12.6. The first kappa shape index (κ1) is 16.5. The van der Waals surface area contributed by atoms with Gasteiger partial charge >= 0.3 is 0 Å². The second kappa shape index (κ2) is 6.72. The quantitative estimate of drug-likeness (QED) is 0.712. The van der Waals surface area contributed by atoms with Gasteiger partial charge in [-0.25, -0.2) is 4.98 Å². The van der Waals surface area contributed by atoms with Crippen LogP contribution in [0.25, 0.3) is 11.3 Å². The summed E-state index contributed by atoms with van der Waals surface area (Å²) in [6.45, 7) is 1.50. The topological polar surface area (TPSA) is 68.3 Å². The maximum Gasteiger partial charge on any atom is 0.267 e. The number of amides is 1. The number of hydrogen-bond acceptors (Lipinski definition) is 5. The minimum absolute atomic E-state index is 0.0774. The Labute approximate surface area is 154 Å². The summed E-state index contributed by atoms with van der Waals surface area (Å²) in [6, 6.07) is 17.1. The van der Waals surface area contributed by atoms with E-state index in [1.807, 2.05) is 54.6 Å². The van der Waals surface area contributed by atoms with Crippen molar-refractivity contribution in [3.8, 4) is 17.0 Å². The fourth-order valence-electron chi connectivity index (χ4n) is 2.92. The number of carbonyl (C=O) groups excluding carboxylic acids is 2. The summed E-state index contributed by atoms with van der Waals surface area (Å²) < 4.78 is 5.71. The van der Waals surface area contributed by atoms with Crippen LogP contribution in [0.1, 0.15) is 22.2 Å². The number of hydrogen-bond donors (Lipinski definition) is 1. The molecule has 4 rings (SSSR count). The lowest BCUT2D eigenvalue weighted by Crippen LogP contribution is -2.31. The van der Waals surface area contributed by atoms with E-state index in [2.05, 4.69) is 10.3 Å². The number of fused-ring (bicyclic) bond motifs is 1. The van der Waals surface area contributed by atoms with Gasteiger partial charge in [0.15, 0.2) is 17.0 Å². The van der Waals surface area contributed by atoms with Gasteiger partial charge in [-0.15, -0.1) is 0 Å². The second-order valence-corrected chi connectivity index (χ2v) is 7.03. The van der Waals surface area contributed by atoms with Crippen molar-refractivity contribution in [2.45, 2.75) is 19.4 Å². The lowest BCUT2D eigenvalue weighted by atomic mass is 10.1. The highest BCUT2D eigenvalue weighted by Crippen LogP contribution is 2.33. The Hall–Kier alpha value is -2.99. The molecule has 1 atom stereocenters. The Kier molecular flexibility index (Phi) is 4.26. The molecule has 0 aliphatic carbocycles. The molecular formula is C20H16N2O3S. The number of rotatable bonds is 4. The van der Waals surface area contributed by atoms with E-state index in [1.54, 1.807) is 0 Å². The number of ether oxygens (including phenoxy) is 1. The van der Waals surface area contributed by atoms with E-state index in [-0.39, 0.29) is 11.7 Å². The van der Waals surface area contributed by atoms with Crippen LogP contribution in [0.5, 0.6) is 5.75 Å². The summed E-state index contributed by atoms with van der Waals surface area (Å²) in [5.74, 6) is 0.400. The molecule has 0 saturated carbocycles. The van der Waals surface area contributed by atoms with E-state index in [9.17, 15) is 9.59 Å². The van der Waals surface area contributed by atoms with E-state index in [0.717, 1.165) is 16.9 Å². The largest absolute Gasteiger partial charge is 0.480 e. The monoisotopic (exact) mass is 364 g/mol. The zero-order valence-corrected chi connectivity index (χ0v) is 14.9. The van der Waals surface area contributed by atoms with Crippen molar-refractivity contribution in [2.75, 3.05) is 5.32 Å². The van der Waals surface area contributed by atoms with Crippen molar-refractivity contribution in [3.05, 3.63) is 65.0 Å². The van der Waals surface area contributed by atoms with Crippen LogP contribution in [0.15, 0.2) is 54.6 Å². The molecule has 3 aromatic rings. The van der Waals surface area contributed by atoms with Gasteiger partial charge in [0.05, 0.1) is 10.6 Å². The van der Waals surface area contributed by atoms with Gasteiger partial charge in [-0.1, -0.05) is 59.9 Å². The highest BCUT2D eigenvalue weighted by Gasteiger charge is 2.29. The van der Waals surface area contributed by atoms with Crippen LogP contribution in [0, 0.1) is 0 Å². The van der Waals surface area contributed by atoms with Gasteiger partial charge in [0.2, 0.25) is 0 Å². The second-order valence-electron chi connectivity index (χ2n) is 6.03. The van der Waals surface area contributed by atoms with E-state index in [1.165, 1.54) is 18.3 Å². The molecule has 0 saturated heterocycles. The molecule has 1 aliphatic heterocycles. The van der Waals surface area contributed by atoms with Gasteiger partial charge in [-0.3, -0.25) is 14.9 Å². The van der Waals surface area contributed by atoms with Crippen molar-refractivity contribution in [1.29, 1.82) is 0 Å². The van der Waals surface area contributed by atoms with E-state index in [4.69, 9.17) is 4.74 Å². The normalized spacial score (nSPS) is 15.2. The standard InChI is InChI=1S/C20H16N2O3S/c1-12(23)18-17(13-7-3-2-4-8-13)21-20(26-18)22-19(24)16-11-14-9-5-6-10-15(14)25-16/h2-10,16H,11H2,1H3,(H,21,22,24). The first-order valence-electron chi connectivity index (χ1n) is 8.24. The zero-order valence-electron chi connectivity index (χ0n) is 14.1. The Morgan fingerprint density at radius 1 is 1.12 bits per heavy atom. The third kappa shape index (κ3) is 3.11. The molecule has 5 nitrogen and oxygen atoms in total. The van der Waals surface area contributed by atoms with Crippen molar-refractivity contribution in [3.63, 3.8) is 0 Å². The molecule has 1 amide bonds. The molecule has 1 N–H and O–H groups in total. The average molecular weight is 364 g/mol. The molecule has 6 heteroatoms. The highest BCUT2D eigenvalue weighted by atomic mass is 32.1. The lowest BCUT2D eigenvalue weighted by Gasteiger charge is -2.09.